The zero-order valence-corrected chi connectivity index (χ0v) is 12.0. The fourth-order valence-corrected chi connectivity index (χ4v) is 2.47. The molecule has 2 aliphatic rings. The maximum Gasteiger partial charge on any atom is 0.324 e. The Labute approximate surface area is 127 Å². The van der Waals surface area contributed by atoms with Crippen LogP contribution >= 0.6 is 0 Å². The van der Waals surface area contributed by atoms with E-state index in [0.717, 1.165) is 0 Å². The number of anilines is 1. The molecular formula is C14H16N4O4. The van der Waals surface area contributed by atoms with Crippen molar-refractivity contribution in [3.05, 3.63) is 24.3 Å². The molecule has 0 radical (unpaired) electrons. The first-order valence-electron chi connectivity index (χ1n) is 6.88. The third-order valence-electron chi connectivity index (χ3n) is 3.73. The van der Waals surface area contributed by atoms with Crippen LogP contribution < -0.4 is 15.4 Å². The predicted molar refractivity (Wildman–Crippen MR) is 77.6 cm³/mol. The number of likely N-dealkylation sites (tertiary alicyclic amines) is 1. The summed E-state index contributed by atoms with van der Waals surface area (Å²) in [6, 6.07) is 6.11. The lowest BCUT2D eigenvalue weighted by atomic mass is 10.1. The van der Waals surface area contributed by atoms with Crippen LogP contribution in [0.25, 0.3) is 0 Å². The number of hydrogen-bond donors (Lipinski definition) is 2. The zero-order valence-electron chi connectivity index (χ0n) is 12.0. The number of carbonyl (C=O) groups excluding carboxylic acids is 3. The molecule has 22 heavy (non-hydrogen) atoms. The molecule has 0 spiro atoms. The van der Waals surface area contributed by atoms with Gasteiger partial charge in [-0.2, -0.15) is 0 Å². The number of hydrogen-bond acceptors (Lipinski definition) is 4. The van der Waals surface area contributed by atoms with Gasteiger partial charge in [0.2, 0.25) is 5.91 Å². The van der Waals surface area contributed by atoms with E-state index in [9.17, 15) is 14.4 Å². The predicted octanol–water partition coefficient (Wildman–Crippen LogP) is 0.463. The SMILES string of the molecule is COc1ccc(NC(=O)N2CC(N3C(=O)CNC3=O)C2)cc1. The lowest BCUT2D eigenvalue weighted by Gasteiger charge is -2.42. The van der Waals surface area contributed by atoms with E-state index >= 15 is 0 Å². The standard InChI is InChI=1S/C14H16N4O4/c1-22-11-4-2-9(3-5-11)16-14(21)17-7-10(8-17)18-12(19)6-15-13(18)20/h2-5,10H,6-8H2,1H3,(H,15,20)(H,16,21). The number of imide groups is 1. The molecule has 2 saturated heterocycles. The Morgan fingerprint density at radius 2 is 1.95 bits per heavy atom. The lowest BCUT2D eigenvalue weighted by molar-refractivity contribution is -0.128. The Morgan fingerprint density at radius 1 is 1.27 bits per heavy atom. The van der Waals surface area contributed by atoms with Crippen LogP contribution in [0.5, 0.6) is 5.75 Å². The summed E-state index contributed by atoms with van der Waals surface area (Å²) in [4.78, 5) is 37.9. The summed E-state index contributed by atoms with van der Waals surface area (Å²) < 4.78 is 5.05. The first-order chi connectivity index (χ1) is 10.6. The molecule has 2 N–H and O–H groups in total. The fraction of sp³-hybridized carbons (Fsp3) is 0.357. The van der Waals surface area contributed by atoms with E-state index in [-0.39, 0.29) is 30.6 Å². The lowest BCUT2D eigenvalue weighted by Crippen LogP contribution is -2.63. The van der Waals surface area contributed by atoms with Crippen molar-refractivity contribution >= 4 is 23.7 Å². The van der Waals surface area contributed by atoms with Gasteiger partial charge in [0, 0.05) is 18.8 Å². The first-order valence-corrected chi connectivity index (χ1v) is 6.88. The minimum absolute atomic E-state index is 0.0351. The van der Waals surface area contributed by atoms with Crippen LogP contribution in [-0.2, 0) is 4.79 Å². The van der Waals surface area contributed by atoms with Crippen molar-refractivity contribution in [2.75, 3.05) is 32.1 Å². The molecule has 2 fully saturated rings. The van der Waals surface area contributed by atoms with Gasteiger partial charge >= 0.3 is 12.1 Å². The van der Waals surface area contributed by atoms with E-state index in [0.29, 0.717) is 24.5 Å². The summed E-state index contributed by atoms with van der Waals surface area (Å²) in [5.74, 6) is 0.464. The van der Waals surface area contributed by atoms with Crippen molar-refractivity contribution in [2.45, 2.75) is 6.04 Å². The molecule has 8 heteroatoms. The topological polar surface area (TPSA) is 91.0 Å². The molecule has 2 aliphatic heterocycles. The molecule has 116 valence electrons. The molecule has 5 amide bonds. The van der Waals surface area contributed by atoms with E-state index < -0.39 is 0 Å². The highest BCUT2D eigenvalue weighted by atomic mass is 16.5. The molecule has 8 nitrogen and oxygen atoms in total. The maximum absolute atomic E-state index is 12.1. The Bertz CT molecular complexity index is 594. The number of carbonyl (C=O) groups is 3. The fourth-order valence-electron chi connectivity index (χ4n) is 2.47. The molecule has 0 aromatic heterocycles. The van der Waals surface area contributed by atoms with Crippen LogP contribution in [0.3, 0.4) is 0 Å². The smallest absolute Gasteiger partial charge is 0.324 e. The number of urea groups is 2. The van der Waals surface area contributed by atoms with Gasteiger partial charge in [-0.1, -0.05) is 0 Å². The monoisotopic (exact) mass is 304 g/mol. The Morgan fingerprint density at radius 3 is 2.50 bits per heavy atom. The summed E-state index contributed by atoms with van der Waals surface area (Å²) in [7, 11) is 1.57. The minimum atomic E-state index is -0.384. The minimum Gasteiger partial charge on any atom is -0.497 e. The van der Waals surface area contributed by atoms with Crippen molar-refractivity contribution < 1.29 is 19.1 Å². The number of ether oxygens (including phenoxy) is 1. The molecule has 1 aromatic carbocycles. The molecular weight excluding hydrogens is 288 g/mol. The number of nitrogens with zero attached hydrogens (tertiary/aromatic N) is 2. The van der Waals surface area contributed by atoms with Crippen molar-refractivity contribution in [1.29, 1.82) is 0 Å². The summed E-state index contributed by atoms with van der Waals surface area (Å²) >= 11 is 0. The van der Waals surface area contributed by atoms with Crippen molar-refractivity contribution in [3.63, 3.8) is 0 Å². The number of rotatable bonds is 3. The third kappa shape index (κ3) is 2.54. The number of nitrogens with one attached hydrogen (secondary N) is 2. The molecule has 1 aromatic rings. The average Bonchev–Trinajstić information content (AvgIpc) is 2.79. The molecule has 2 heterocycles. The van der Waals surface area contributed by atoms with Crippen molar-refractivity contribution in [2.24, 2.45) is 0 Å². The number of amides is 5. The van der Waals surface area contributed by atoms with Gasteiger partial charge in [0.15, 0.2) is 0 Å². The highest BCUT2D eigenvalue weighted by Crippen LogP contribution is 2.20. The number of methoxy groups -OCH3 is 1. The first kappa shape index (κ1) is 14.2. The average molecular weight is 304 g/mol. The van der Waals surface area contributed by atoms with Gasteiger partial charge in [-0.25, -0.2) is 9.59 Å². The highest BCUT2D eigenvalue weighted by Gasteiger charge is 2.42. The van der Waals surface area contributed by atoms with Crippen LogP contribution in [0.2, 0.25) is 0 Å². The summed E-state index contributed by atoms with van der Waals surface area (Å²) in [6.07, 6.45) is 0. The number of benzene rings is 1. The van der Waals surface area contributed by atoms with Crippen LogP contribution in [0, 0.1) is 0 Å². The van der Waals surface area contributed by atoms with Gasteiger partial charge in [0.1, 0.15) is 5.75 Å². The summed E-state index contributed by atoms with van der Waals surface area (Å²) in [5.41, 5.74) is 0.657. The molecule has 0 unspecified atom stereocenters. The second-order valence-corrected chi connectivity index (χ2v) is 5.14. The Balaban J connectivity index is 1.52. The van der Waals surface area contributed by atoms with Gasteiger partial charge in [-0.3, -0.25) is 9.69 Å². The van der Waals surface area contributed by atoms with Crippen LogP contribution in [0.1, 0.15) is 0 Å². The van der Waals surface area contributed by atoms with Crippen molar-refractivity contribution in [3.8, 4) is 5.75 Å². The van der Waals surface area contributed by atoms with Gasteiger partial charge in [0.25, 0.3) is 0 Å². The molecule has 0 atom stereocenters. The second-order valence-electron chi connectivity index (χ2n) is 5.14. The van der Waals surface area contributed by atoms with Crippen LogP contribution in [-0.4, -0.2) is 60.6 Å². The van der Waals surface area contributed by atoms with E-state index in [2.05, 4.69) is 10.6 Å². The largest absolute Gasteiger partial charge is 0.497 e. The molecule has 0 aliphatic carbocycles. The van der Waals surface area contributed by atoms with Crippen LogP contribution in [0.4, 0.5) is 15.3 Å². The summed E-state index contributed by atoms with van der Waals surface area (Å²) in [6.45, 7) is 0.732. The van der Waals surface area contributed by atoms with Gasteiger partial charge < -0.3 is 20.3 Å². The van der Waals surface area contributed by atoms with Gasteiger partial charge in [0.05, 0.1) is 19.7 Å². The zero-order chi connectivity index (χ0) is 15.7. The Kier molecular flexibility index (Phi) is 3.58. The normalized spacial score (nSPS) is 18.0. The van der Waals surface area contributed by atoms with Gasteiger partial charge in [-0.05, 0) is 24.3 Å². The van der Waals surface area contributed by atoms with E-state index in [1.165, 1.54) is 4.90 Å². The molecule has 0 bridgehead atoms. The quantitative estimate of drug-likeness (QED) is 0.794. The molecule has 0 saturated carbocycles. The van der Waals surface area contributed by atoms with Crippen LogP contribution in [0.15, 0.2) is 24.3 Å². The summed E-state index contributed by atoms with van der Waals surface area (Å²) in [5, 5.41) is 5.23. The van der Waals surface area contributed by atoms with Gasteiger partial charge in [-0.15, -0.1) is 0 Å². The third-order valence-corrected chi connectivity index (χ3v) is 3.73. The van der Waals surface area contributed by atoms with E-state index in [1.807, 2.05) is 0 Å². The van der Waals surface area contributed by atoms with E-state index in [4.69, 9.17) is 4.74 Å². The highest BCUT2D eigenvalue weighted by molar-refractivity contribution is 6.02. The maximum atomic E-state index is 12.1. The van der Waals surface area contributed by atoms with E-state index in [1.54, 1.807) is 36.3 Å². The molecule has 3 rings (SSSR count). The Hall–Kier alpha value is -2.77. The second kappa shape index (κ2) is 5.55. The van der Waals surface area contributed by atoms with Crippen molar-refractivity contribution in [1.82, 2.24) is 15.1 Å².